The number of aliphatic hydroxyl groups is 1. The Morgan fingerprint density at radius 3 is 2.79 bits per heavy atom. The molecule has 1 aromatic heterocycles. The summed E-state index contributed by atoms with van der Waals surface area (Å²) in [4.78, 5) is 3.95. The highest BCUT2D eigenvalue weighted by molar-refractivity contribution is 7.10. The van der Waals surface area contributed by atoms with Gasteiger partial charge in [0.2, 0.25) is 0 Å². The van der Waals surface area contributed by atoms with E-state index in [4.69, 9.17) is 5.73 Å². The molecule has 2 saturated heterocycles. The normalized spacial score (nSPS) is 30.1. The van der Waals surface area contributed by atoms with E-state index in [1.165, 1.54) is 17.7 Å². The SMILES string of the molecule is NCC#Cc1csc(CN2C3CCC2CC(O)C3)c1. The number of hydrogen-bond donors (Lipinski definition) is 2. The highest BCUT2D eigenvalue weighted by Crippen LogP contribution is 2.37. The summed E-state index contributed by atoms with van der Waals surface area (Å²) in [6.45, 7) is 1.43. The molecule has 2 aliphatic heterocycles. The molecule has 0 aromatic carbocycles. The van der Waals surface area contributed by atoms with Crippen molar-refractivity contribution in [2.24, 2.45) is 5.73 Å². The summed E-state index contributed by atoms with van der Waals surface area (Å²) in [5, 5.41) is 11.9. The van der Waals surface area contributed by atoms with Crippen LogP contribution in [0.3, 0.4) is 0 Å². The number of thiophene rings is 1. The molecule has 0 radical (unpaired) electrons. The van der Waals surface area contributed by atoms with Crippen LogP contribution in [-0.4, -0.2) is 34.7 Å². The molecule has 4 heteroatoms. The molecular formula is C15H20N2OS. The van der Waals surface area contributed by atoms with Gasteiger partial charge in [0, 0.05) is 34.4 Å². The van der Waals surface area contributed by atoms with Crippen molar-refractivity contribution in [1.82, 2.24) is 4.90 Å². The molecule has 1 aromatic rings. The van der Waals surface area contributed by atoms with Crippen LogP contribution in [-0.2, 0) is 6.54 Å². The minimum Gasteiger partial charge on any atom is -0.393 e. The zero-order valence-corrected chi connectivity index (χ0v) is 11.8. The predicted molar refractivity (Wildman–Crippen MR) is 77.8 cm³/mol. The molecule has 0 aliphatic carbocycles. The van der Waals surface area contributed by atoms with E-state index in [9.17, 15) is 5.11 Å². The summed E-state index contributed by atoms with van der Waals surface area (Å²) in [5.41, 5.74) is 6.47. The molecule has 2 aliphatic rings. The molecule has 2 atom stereocenters. The molecule has 19 heavy (non-hydrogen) atoms. The zero-order valence-electron chi connectivity index (χ0n) is 11.0. The van der Waals surface area contributed by atoms with Crippen LogP contribution in [0.1, 0.15) is 36.1 Å². The second-order valence-corrected chi connectivity index (χ2v) is 6.49. The lowest BCUT2D eigenvalue weighted by Crippen LogP contribution is -2.43. The summed E-state index contributed by atoms with van der Waals surface area (Å²) in [5.74, 6) is 5.98. The third-order valence-electron chi connectivity index (χ3n) is 4.19. The fourth-order valence-electron chi connectivity index (χ4n) is 3.37. The first-order valence-electron chi connectivity index (χ1n) is 6.96. The number of nitrogens with two attached hydrogens (primary N) is 1. The van der Waals surface area contributed by atoms with Crippen molar-refractivity contribution in [2.45, 2.75) is 50.4 Å². The average molecular weight is 276 g/mol. The molecule has 2 fully saturated rings. The third kappa shape index (κ3) is 2.85. The summed E-state index contributed by atoms with van der Waals surface area (Å²) < 4.78 is 0. The van der Waals surface area contributed by atoms with E-state index in [1.807, 2.05) is 0 Å². The largest absolute Gasteiger partial charge is 0.393 e. The fraction of sp³-hybridized carbons (Fsp3) is 0.600. The molecule has 3 rings (SSSR count). The van der Waals surface area contributed by atoms with Crippen molar-refractivity contribution >= 4 is 11.3 Å². The van der Waals surface area contributed by atoms with Gasteiger partial charge in [0.05, 0.1) is 12.6 Å². The number of aliphatic hydroxyl groups excluding tert-OH is 1. The van der Waals surface area contributed by atoms with Crippen LogP contribution in [0.2, 0.25) is 0 Å². The van der Waals surface area contributed by atoms with Crippen LogP contribution in [0.4, 0.5) is 0 Å². The Morgan fingerprint density at radius 2 is 2.11 bits per heavy atom. The Hall–Kier alpha value is -0.860. The average Bonchev–Trinajstić information content (AvgIpc) is 2.92. The van der Waals surface area contributed by atoms with Crippen molar-refractivity contribution in [3.63, 3.8) is 0 Å². The van der Waals surface area contributed by atoms with Crippen LogP contribution in [0.5, 0.6) is 0 Å². The molecule has 3 nitrogen and oxygen atoms in total. The molecule has 3 heterocycles. The zero-order chi connectivity index (χ0) is 13.2. The van der Waals surface area contributed by atoms with Gasteiger partial charge in [-0.3, -0.25) is 4.90 Å². The van der Waals surface area contributed by atoms with Crippen molar-refractivity contribution in [2.75, 3.05) is 6.54 Å². The standard InChI is InChI=1S/C15H20N2OS/c16-5-1-2-11-6-15(19-10-11)9-17-12-3-4-13(17)8-14(18)7-12/h6,10,12-14,18H,3-5,7-9,16H2. The maximum Gasteiger partial charge on any atom is 0.0570 e. The van der Waals surface area contributed by atoms with Gasteiger partial charge in [-0.25, -0.2) is 0 Å². The molecule has 2 unspecified atom stereocenters. The van der Waals surface area contributed by atoms with Gasteiger partial charge in [-0.15, -0.1) is 11.3 Å². The van der Waals surface area contributed by atoms with Crippen LogP contribution in [0.15, 0.2) is 11.4 Å². The highest BCUT2D eigenvalue weighted by Gasteiger charge is 2.39. The Balaban J connectivity index is 1.67. The van der Waals surface area contributed by atoms with Gasteiger partial charge in [-0.2, -0.15) is 0 Å². The lowest BCUT2D eigenvalue weighted by molar-refractivity contribution is 0.0316. The van der Waals surface area contributed by atoms with E-state index in [-0.39, 0.29) is 6.10 Å². The van der Waals surface area contributed by atoms with Gasteiger partial charge in [-0.1, -0.05) is 11.8 Å². The molecule has 0 spiro atoms. The van der Waals surface area contributed by atoms with E-state index < -0.39 is 0 Å². The minimum absolute atomic E-state index is 0.0805. The summed E-state index contributed by atoms with van der Waals surface area (Å²) in [6, 6.07) is 3.33. The first-order valence-corrected chi connectivity index (χ1v) is 7.84. The number of fused-ring (bicyclic) bond motifs is 2. The fourth-order valence-corrected chi connectivity index (χ4v) is 4.19. The van der Waals surface area contributed by atoms with Crippen molar-refractivity contribution in [3.05, 3.63) is 21.9 Å². The predicted octanol–water partition coefficient (Wildman–Crippen LogP) is 1.55. The molecule has 3 N–H and O–H groups in total. The van der Waals surface area contributed by atoms with Gasteiger partial charge in [0.1, 0.15) is 0 Å². The molecule has 0 amide bonds. The lowest BCUT2D eigenvalue weighted by atomic mass is 10.00. The Labute approximate surface area is 118 Å². The van der Waals surface area contributed by atoms with E-state index >= 15 is 0 Å². The second kappa shape index (κ2) is 5.64. The maximum absolute atomic E-state index is 9.82. The van der Waals surface area contributed by atoms with Crippen molar-refractivity contribution in [1.29, 1.82) is 0 Å². The Morgan fingerprint density at radius 1 is 1.37 bits per heavy atom. The molecule has 2 bridgehead atoms. The Kier molecular flexibility index (Phi) is 3.90. The monoisotopic (exact) mass is 276 g/mol. The van der Waals surface area contributed by atoms with Gasteiger partial charge in [0.15, 0.2) is 0 Å². The van der Waals surface area contributed by atoms with Crippen molar-refractivity contribution < 1.29 is 5.11 Å². The van der Waals surface area contributed by atoms with Gasteiger partial charge in [-0.05, 0) is 31.7 Å². The topological polar surface area (TPSA) is 49.5 Å². The van der Waals surface area contributed by atoms with Gasteiger partial charge >= 0.3 is 0 Å². The van der Waals surface area contributed by atoms with Crippen molar-refractivity contribution in [3.8, 4) is 11.8 Å². The van der Waals surface area contributed by atoms with Gasteiger partial charge in [0.25, 0.3) is 0 Å². The molecule has 0 saturated carbocycles. The first-order chi connectivity index (χ1) is 9.26. The smallest absolute Gasteiger partial charge is 0.0570 e. The van der Waals surface area contributed by atoms with Gasteiger partial charge < -0.3 is 10.8 Å². The maximum atomic E-state index is 9.82. The Bertz CT molecular complexity index is 488. The first kappa shape index (κ1) is 13.1. The van der Waals surface area contributed by atoms with E-state index in [2.05, 4.69) is 28.2 Å². The summed E-state index contributed by atoms with van der Waals surface area (Å²) >= 11 is 1.78. The summed E-state index contributed by atoms with van der Waals surface area (Å²) in [7, 11) is 0. The molecular weight excluding hydrogens is 256 g/mol. The number of rotatable bonds is 2. The summed E-state index contributed by atoms with van der Waals surface area (Å²) in [6.07, 6.45) is 4.30. The van der Waals surface area contributed by atoms with Crippen LogP contribution in [0.25, 0.3) is 0 Å². The number of hydrogen-bond acceptors (Lipinski definition) is 4. The van der Waals surface area contributed by atoms with E-state index in [0.717, 1.165) is 24.9 Å². The number of nitrogens with zero attached hydrogens (tertiary/aromatic N) is 1. The van der Waals surface area contributed by atoms with E-state index in [0.29, 0.717) is 18.6 Å². The highest BCUT2D eigenvalue weighted by atomic mass is 32.1. The van der Waals surface area contributed by atoms with Crippen LogP contribution in [0, 0.1) is 11.8 Å². The van der Waals surface area contributed by atoms with Crippen LogP contribution >= 0.6 is 11.3 Å². The molecule has 102 valence electrons. The van der Waals surface area contributed by atoms with E-state index in [1.54, 1.807) is 11.3 Å². The third-order valence-corrected chi connectivity index (χ3v) is 5.11. The quantitative estimate of drug-likeness (QED) is 0.806. The second-order valence-electron chi connectivity index (χ2n) is 5.49. The number of piperidine rings is 1. The van der Waals surface area contributed by atoms with Crippen LogP contribution < -0.4 is 5.73 Å². The minimum atomic E-state index is -0.0805. The lowest BCUT2D eigenvalue weighted by Gasteiger charge is -2.36.